The summed E-state index contributed by atoms with van der Waals surface area (Å²) in [6.07, 6.45) is 0.633. The first-order valence-electron chi connectivity index (χ1n) is 16.8. The van der Waals surface area contributed by atoms with Crippen LogP contribution in [0.5, 0.6) is 17.2 Å². The largest absolute Gasteiger partial charge is 0.497 e. The standard InChI is InChI=1S/C39H43NO8/c1-45-30-9-3-25(4-10-30)28-21-33(41)38(34(42)22-28)37(27-7-13-32(14-8-27)48-20-17-40-15-18-47-19-16-40)39-35(43)23-29(24-36(39)44)26-5-11-31(46-2)12-6-26/h3-14,28-29,37-39H,15-24H2,1-2H3. The molecule has 0 unspecified atom stereocenters. The van der Waals surface area contributed by atoms with Crippen LogP contribution in [-0.2, 0) is 23.9 Å². The smallest absolute Gasteiger partial charge is 0.144 e. The molecule has 2 aliphatic carbocycles. The highest BCUT2D eigenvalue weighted by molar-refractivity contribution is 6.11. The average molecular weight is 654 g/mol. The van der Waals surface area contributed by atoms with Crippen molar-refractivity contribution < 1.29 is 38.1 Å². The Morgan fingerprint density at radius 3 is 1.46 bits per heavy atom. The summed E-state index contributed by atoms with van der Waals surface area (Å²) >= 11 is 0. The molecule has 9 nitrogen and oxygen atoms in total. The molecule has 0 atom stereocenters. The van der Waals surface area contributed by atoms with Gasteiger partial charge in [-0.25, -0.2) is 0 Å². The maximum absolute atomic E-state index is 14.0. The second-order valence-electron chi connectivity index (χ2n) is 13.0. The fourth-order valence-corrected chi connectivity index (χ4v) is 7.49. The highest BCUT2D eigenvalue weighted by atomic mass is 16.5. The molecule has 1 heterocycles. The number of ketones is 4. The Morgan fingerprint density at radius 1 is 0.625 bits per heavy atom. The second kappa shape index (κ2) is 15.3. The summed E-state index contributed by atoms with van der Waals surface area (Å²) in [5.41, 5.74) is 2.40. The molecular formula is C39H43NO8. The van der Waals surface area contributed by atoms with Crippen molar-refractivity contribution in [1.82, 2.24) is 4.90 Å². The maximum atomic E-state index is 14.0. The highest BCUT2D eigenvalue weighted by Gasteiger charge is 2.50. The van der Waals surface area contributed by atoms with E-state index in [0.29, 0.717) is 29.4 Å². The number of rotatable bonds is 11. The fraction of sp³-hybridized carbons (Fsp3) is 0.436. The van der Waals surface area contributed by atoms with Crippen molar-refractivity contribution in [1.29, 1.82) is 0 Å². The van der Waals surface area contributed by atoms with Crippen molar-refractivity contribution in [2.75, 3.05) is 53.7 Å². The van der Waals surface area contributed by atoms with Crippen LogP contribution in [0.1, 0.15) is 60.1 Å². The molecule has 1 saturated heterocycles. The number of hydrogen-bond donors (Lipinski definition) is 0. The Bertz CT molecular complexity index is 1470. The van der Waals surface area contributed by atoms with Crippen molar-refractivity contribution >= 4 is 23.1 Å². The molecule has 0 amide bonds. The summed E-state index contributed by atoms with van der Waals surface area (Å²) in [7, 11) is 3.18. The van der Waals surface area contributed by atoms with Gasteiger partial charge in [-0.05, 0) is 64.9 Å². The van der Waals surface area contributed by atoms with Crippen molar-refractivity contribution in [3.63, 3.8) is 0 Å². The first-order valence-corrected chi connectivity index (χ1v) is 16.8. The van der Waals surface area contributed by atoms with E-state index in [1.54, 1.807) is 38.5 Å². The predicted molar refractivity (Wildman–Crippen MR) is 179 cm³/mol. The van der Waals surface area contributed by atoms with Crippen molar-refractivity contribution in [3.8, 4) is 17.2 Å². The normalized spacial score (nSPS) is 24.3. The molecule has 0 spiro atoms. The minimum Gasteiger partial charge on any atom is -0.497 e. The van der Waals surface area contributed by atoms with E-state index in [4.69, 9.17) is 18.9 Å². The summed E-state index contributed by atoms with van der Waals surface area (Å²) in [5.74, 6) is -2.48. The Balaban J connectivity index is 1.24. The van der Waals surface area contributed by atoms with E-state index in [1.807, 2.05) is 48.5 Å². The van der Waals surface area contributed by atoms with Gasteiger partial charge < -0.3 is 18.9 Å². The van der Waals surface area contributed by atoms with Crippen molar-refractivity contribution in [2.24, 2.45) is 11.8 Å². The van der Waals surface area contributed by atoms with E-state index in [0.717, 1.165) is 44.0 Å². The third kappa shape index (κ3) is 7.53. The lowest BCUT2D eigenvalue weighted by atomic mass is 9.62. The summed E-state index contributed by atoms with van der Waals surface area (Å²) in [5, 5.41) is 0. The Labute approximate surface area is 281 Å². The molecule has 2 saturated carbocycles. The summed E-state index contributed by atoms with van der Waals surface area (Å²) in [6, 6.07) is 22.0. The number of Topliss-reactive ketones (excluding diaryl/α,β-unsaturated/α-hetero) is 4. The van der Waals surface area contributed by atoms with Crippen LogP contribution in [0.4, 0.5) is 0 Å². The quantitative estimate of drug-likeness (QED) is 0.259. The number of morpholine rings is 1. The number of carbonyl (C=O) groups excluding carboxylic acids is 4. The Hall–Kier alpha value is -4.34. The van der Waals surface area contributed by atoms with E-state index in [-0.39, 0.29) is 60.7 Å². The summed E-state index contributed by atoms with van der Waals surface area (Å²) in [6.45, 7) is 4.45. The average Bonchev–Trinajstić information content (AvgIpc) is 3.11. The van der Waals surface area contributed by atoms with Crippen LogP contribution >= 0.6 is 0 Å². The Morgan fingerprint density at radius 2 is 1.04 bits per heavy atom. The Kier molecular flexibility index (Phi) is 10.7. The van der Waals surface area contributed by atoms with Gasteiger partial charge in [0.25, 0.3) is 0 Å². The lowest BCUT2D eigenvalue weighted by Crippen LogP contribution is -2.45. The van der Waals surface area contributed by atoms with E-state index in [2.05, 4.69) is 4.90 Å². The van der Waals surface area contributed by atoms with Crippen LogP contribution in [-0.4, -0.2) is 81.7 Å². The lowest BCUT2D eigenvalue weighted by Gasteiger charge is -2.38. The predicted octanol–water partition coefficient (Wildman–Crippen LogP) is 5.16. The topological polar surface area (TPSA) is 108 Å². The van der Waals surface area contributed by atoms with Crippen LogP contribution in [0.15, 0.2) is 72.8 Å². The molecule has 3 aromatic carbocycles. The van der Waals surface area contributed by atoms with Gasteiger partial charge in [0.2, 0.25) is 0 Å². The third-order valence-corrected chi connectivity index (χ3v) is 10.1. The molecule has 9 heteroatoms. The minimum absolute atomic E-state index is 0.158. The van der Waals surface area contributed by atoms with Crippen LogP contribution in [0.3, 0.4) is 0 Å². The van der Waals surface area contributed by atoms with Gasteiger partial charge in [-0.3, -0.25) is 24.1 Å². The van der Waals surface area contributed by atoms with Gasteiger partial charge in [0, 0.05) is 51.2 Å². The van der Waals surface area contributed by atoms with E-state index in [9.17, 15) is 19.2 Å². The van der Waals surface area contributed by atoms with Gasteiger partial charge in [0.05, 0.1) is 39.3 Å². The number of nitrogens with zero attached hydrogens (tertiary/aromatic N) is 1. The van der Waals surface area contributed by atoms with Crippen LogP contribution in [0, 0.1) is 11.8 Å². The van der Waals surface area contributed by atoms with Gasteiger partial charge in [-0.15, -0.1) is 0 Å². The van der Waals surface area contributed by atoms with Crippen LogP contribution < -0.4 is 14.2 Å². The zero-order valence-electron chi connectivity index (χ0n) is 27.6. The number of benzene rings is 3. The minimum atomic E-state index is -1.08. The van der Waals surface area contributed by atoms with E-state index in [1.165, 1.54) is 0 Å². The third-order valence-electron chi connectivity index (χ3n) is 10.1. The number of methoxy groups -OCH3 is 2. The molecule has 0 radical (unpaired) electrons. The van der Waals surface area contributed by atoms with Crippen molar-refractivity contribution in [2.45, 2.75) is 43.4 Å². The van der Waals surface area contributed by atoms with E-state index < -0.39 is 17.8 Å². The van der Waals surface area contributed by atoms with Crippen molar-refractivity contribution in [3.05, 3.63) is 89.5 Å². The fourth-order valence-electron chi connectivity index (χ4n) is 7.49. The monoisotopic (exact) mass is 653 g/mol. The molecule has 3 aromatic rings. The molecule has 0 N–H and O–H groups in total. The molecule has 48 heavy (non-hydrogen) atoms. The molecular weight excluding hydrogens is 610 g/mol. The van der Waals surface area contributed by atoms with Crippen LogP contribution in [0.25, 0.3) is 0 Å². The number of hydrogen-bond acceptors (Lipinski definition) is 9. The first-order chi connectivity index (χ1) is 23.3. The highest BCUT2D eigenvalue weighted by Crippen LogP contribution is 2.46. The zero-order valence-corrected chi connectivity index (χ0v) is 27.6. The molecule has 0 bridgehead atoms. The summed E-state index contributed by atoms with van der Waals surface area (Å²) in [4.78, 5) is 58.2. The molecule has 3 aliphatic rings. The molecule has 0 aromatic heterocycles. The second-order valence-corrected chi connectivity index (χ2v) is 13.0. The maximum Gasteiger partial charge on any atom is 0.144 e. The SMILES string of the molecule is COc1ccc(C2CC(=O)C(C(c3ccc(OCCN4CCOCC4)cc3)C3C(=O)CC(c4ccc(OC)cc4)CC3=O)C(=O)C2)cc1. The molecule has 3 fully saturated rings. The van der Waals surface area contributed by atoms with Gasteiger partial charge in [0.1, 0.15) is 47.0 Å². The lowest BCUT2D eigenvalue weighted by molar-refractivity contribution is -0.142. The van der Waals surface area contributed by atoms with Crippen LogP contribution in [0.2, 0.25) is 0 Å². The molecule has 1 aliphatic heterocycles. The first kappa shape index (κ1) is 33.6. The van der Waals surface area contributed by atoms with Gasteiger partial charge in [-0.1, -0.05) is 36.4 Å². The molecule has 252 valence electrons. The van der Waals surface area contributed by atoms with Gasteiger partial charge in [0.15, 0.2) is 0 Å². The van der Waals surface area contributed by atoms with E-state index >= 15 is 0 Å². The zero-order chi connectivity index (χ0) is 33.6. The summed E-state index contributed by atoms with van der Waals surface area (Å²) < 4.78 is 22.0. The van der Waals surface area contributed by atoms with Gasteiger partial charge >= 0.3 is 0 Å². The number of ether oxygens (including phenoxy) is 4. The molecule has 6 rings (SSSR count). The van der Waals surface area contributed by atoms with Gasteiger partial charge in [-0.2, -0.15) is 0 Å². The number of carbonyl (C=O) groups is 4.